The summed E-state index contributed by atoms with van der Waals surface area (Å²) in [4.78, 5) is 0. The van der Waals surface area contributed by atoms with Crippen molar-refractivity contribution in [3.05, 3.63) is 0 Å². The Balaban J connectivity index is 0.000000187. The molecular formula is C10H21Li. The molecule has 62 valence electrons. The zero-order valence-corrected chi connectivity index (χ0v) is 8.53. The molecule has 1 heteroatoms. The van der Waals surface area contributed by atoms with Crippen LogP contribution in [0.3, 0.4) is 0 Å². The molecule has 1 aliphatic rings. The Hall–Kier alpha value is 0.597. The van der Waals surface area contributed by atoms with Crippen molar-refractivity contribution in [2.45, 2.75) is 63.4 Å². The molecule has 1 unspecified atom stereocenters. The van der Waals surface area contributed by atoms with Crippen LogP contribution in [0.1, 0.15) is 58.8 Å². The number of hydrogen-bond acceptors (Lipinski definition) is 0. The van der Waals surface area contributed by atoms with Gasteiger partial charge in [0.15, 0.2) is 0 Å². The fraction of sp³-hybridized carbons (Fsp3) is 1.00. The van der Waals surface area contributed by atoms with Gasteiger partial charge in [-0.15, -0.1) is 0 Å². The molecule has 0 bridgehead atoms. The molecule has 0 N–H and O–H groups in total. The summed E-state index contributed by atoms with van der Waals surface area (Å²) < 4.78 is 0.884. The van der Waals surface area contributed by atoms with Crippen molar-refractivity contribution in [2.24, 2.45) is 0 Å². The Bertz CT molecular complexity index is 53.8. The van der Waals surface area contributed by atoms with E-state index in [2.05, 4.69) is 31.6 Å². The third-order valence-electron chi connectivity index (χ3n) is 2.32. The average molecular weight is 148 g/mol. The van der Waals surface area contributed by atoms with Gasteiger partial charge in [-0.05, 0) is 0 Å². The van der Waals surface area contributed by atoms with Crippen molar-refractivity contribution in [1.82, 2.24) is 0 Å². The molecule has 0 spiro atoms. The van der Waals surface area contributed by atoms with Crippen LogP contribution in [0.15, 0.2) is 0 Å². The molecule has 0 aromatic rings. The minimum atomic E-state index is 0.884. The van der Waals surface area contributed by atoms with Gasteiger partial charge in [-0.1, -0.05) is 38.5 Å². The maximum atomic E-state index is 2.22. The van der Waals surface area contributed by atoms with Gasteiger partial charge in [0.25, 0.3) is 0 Å². The minimum absolute atomic E-state index is 0.884. The zero-order valence-electron chi connectivity index (χ0n) is 8.53. The second-order valence-electron chi connectivity index (χ2n) is 3.92. The van der Waals surface area contributed by atoms with Gasteiger partial charge in [0.2, 0.25) is 0 Å². The third-order valence-corrected chi connectivity index (χ3v) is 2.32. The Morgan fingerprint density at radius 3 is 1.27 bits per heavy atom. The maximum absolute atomic E-state index is 2.22. The summed E-state index contributed by atoms with van der Waals surface area (Å²) in [6, 6.07) is 0. The van der Waals surface area contributed by atoms with Gasteiger partial charge >= 0.3 is 42.6 Å². The summed E-state index contributed by atoms with van der Waals surface area (Å²) in [5.74, 6) is 0. The quantitative estimate of drug-likeness (QED) is 0.497. The molecule has 1 fully saturated rings. The van der Waals surface area contributed by atoms with E-state index in [0.29, 0.717) is 0 Å². The van der Waals surface area contributed by atoms with Gasteiger partial charge in [-0.3, -0.25) is 0 Å². The summed E-state index contributed by atoms with van der Waals surface area (Å²) in [5, 5.41) is 0. The summed E-state index contributed by atoms with van der Waals surface area (Å²) in [7, 11) is 0. The zero-order chi connectivity index (χ0) is 8.53. The molecule has 0 aromatic carbocycles. The summed E-state index contributed by atoms with van der Waals surface area (Å²) in [5.41, 5.74) is 0. The van der Waals surface area contributed by atoms with E-state index in [0.717, 1.165) is 4.59 Å². The Morgan fingerprint density at radius 2 is 1.18 bits per heavy atom. The van der Waals surface area contributed by atoms with E-state index in [1.165, 1.54) is 44.9 Å². The summed E-state index contributed by atoms with van der Waals surface area (Å²) in [6.07, 6.45) is 10.3. The molecule has 0 aliphatic heterocycles. The SMILES string of the molecule is C1CCCCC1.[Li][CH](C)CC. The van der Waals surface area contributed by atoms with Gasteiger partial charge in [-0.25, -0.2) is 0 Å². The normalized spacial score (nSPS) is 20.0. The van der Waals surface area contributed by atoms with Crippen molar-refractivity contribution in [2.75, 3.05) is 0 Å². The van der Waals surface area contributed by atoms with Crippen molar-refractivity contribution >= 4 is 17.7 Å². The first-order valence-electron chi connectivity index (χ1n) is 5.27. The fourth-order valence-electron chi connectivity index (χ4n) is 1.06. The van der Waals surface area contributed by atoms with E-state index in [-0.39, 0.29) is 0 Å². The van der Waals surface area contributed by atoms with Crippen LogP contribution >= 0.6 is 0 Å². The van der Waals surface area contributed by atoms with Crippen LogP contribution in [-0.4, -0.2) is 17.7 Å². The van der Waals surface area contributed by atoms with Gasteiger partial charge < -0.3 is 0 Å². The molecule has 0 heterocycles. The number of rotatable bonds is 1. The monoisotopic (exact) mass is 148 g/mol. The molecule has 0 nitrogen and oxygen atoms in total. The van der Waals surface area contributed by atoms with Crippen LogP contribution in [-0.2, 0) is 0 Å². The van der Waals surface area contributed by atoms with Gasteiger partial charge in [0.05, 0.1) is 0 Å². The molecule has 1 atom stereocenters. The van der Waals surface area contributed by atoms with Crippen LogP contribution < -0.4 is 0 Å². The molecule has 0 amide bonds. The van der Waals surface area contributed by atoms with E-state index >= 15 is 0 Å². The third kappa shape index (κ3) is 10.6. The second-order valence-corrected chi connectivity index (χ2v) is 3.92. The van der Waals surface area contributed by atoms with E-state index in [9.17, 15) is 0 Å². The van der Waals surface area contributed by atoms with Crippen molar-refractivity contribution in [3.8, 4) is 0 Å². The first kappa shape index (κ1) is 11.6. The Kier molecular flexibility index (Phi) is 9.16. The first-order chi connectivity index (χ1) is 5.27. The van der Waals surface area contributed by atoms with Crippen LogP contribution in [0.2, 0.25) is 4.59 Å². The average Bonchev–Trinajstić information content (AvgIpc) is 2.09. The summed E-state index contributed by atoms with van der Waals surface area (Å²) >= 11 is 2.22. The molecule has 0 aromatic heterocycles. The van der Waals surface area contributed by atoms with E-state index in [1.807, 2.05) is 0 Å². The second kappa shape index (κ2) is 8.69. The van der Waals surface area contributed by atoms with Crippen molar-refractivity contribution < 1.29 is 0 Å². The predicted molar refractivity (Wildman–Crippen MR) is 53.2 cm³/mol. The molecule has 11 heavy (non-hydrogen) atoms. The van der Waals surface area contributed by atoms with E-state index in [4.69, 9.17) is 0 Å². The topological polar surface area (TPSA) is 0 Å². The first-order valence-corrected chi connectivity index (χ1v) is 5.27. The fourth-order valence-corrected chi connectivity index (χ4v) is 1.06. The van der Waals surface area contributed by atoms with Gasteiger partial charge in [0.1, 0.15) is 0 Å². The predicted octanol–water partition coefficient (Wildman–Crippen LogP) is 3.71. The van der Waals surface area contributed by atoms with Crippen LogP contribution in [0.5, 0.6) is 0 Å². The van der Waals surface area contributed by atoms with Gasteiger partial charge in [-0.2, -0.15) is 0 Å². The van der Waals surface area contributed by atoms with Crippen LogP contribution in [0.25, 0.3) is 0 Å². The van der Waals surface area contributed by atoms with Crippen molar-refractivity contribution in [3.63, 3.8) is 0 Å². The molecule has 1 rings (SSSR count). The van der Waals surface area contributed by atoms with E-state index < -0.39 is 0 Å². The molecule has 0 radical (unpaired) electrons. The Labute approximate surface area is 81.3 Å². The Morgan fingerprint density at radius 1 is 1.00 bits per heavy atom. The van der Waals surface area contributed by atoms with Crippen molar-refractivity contribution in [1.29, 1.82) is 0 Å². The van der Waals surface area contributed by atoms with E-state index in [1.54, 1.807) is 0 Å². The summed E-state index contributed by atoms with van der Waals surface area (Å²) in [6.45, 7) is 4.42. The molecule has 0 saturated heterocycles. The molecule has 1 saturated carbocycles. The molecule has 1 aliphatic carbocycles. The number of hydrogen-bond donors (Lipinski definition) is 0. The van der Waals surface area contributed by atoms with Crippen LogP contribution in [0, 0.1) is 0 Å². The molecular weight excluding hydrogens is 127 g/mol. The standard InChI is InChI=1S/C6H12.C4H9.Li/c1-2-4-6-5-3-1;1-3-4-2;/h1-6H2;3H,4H2,1-2H3;. The van der Waals surface area contributed by atoms with Gasteiger partial charge in [0, 0.05) is 0 Å². The van der Waals surface area contributed by atoms with Crippen LogP contribution in [0.4, 0.5) is 0 Å².